The van der Waals surface area contributed by atoms with E-state index < -0.39 is 0 Å². The van der Waals surface area contributed by atoms with Crippen molar-refractivity contribution in [2.45, 2.75) is 60.3 Å². The van der Waals surface area contributed by atoms with Crippen molar-refractivity contribution < 1.29 is 4.79 Å². The number of hydrogen-bond donors (Lipinski definition) is 0. The maximum atomic E-state index is 12.5. The molecule has 19 heavy (non-hydrogen) atoms. The summed E-state index contributed by atoms with van der Waals surface area (Å²) < 4.78 is 0. The zero-order chi connectivity index (χ0) is 14.3. The Morgan fingerprint density at radius 1 is 1.26 bits per heavy atom. The lowest BCUT2D eigenvalue weighted by atomic mass is 9.71. The first-order valence-corrected chi connectivity index (χ1v) is 7.97. The van der Waals surface area contributed by atoms with Crippen LogP contribution < -0.4 is 0 Å². The average molecular weight is 265 g/mol. The number of carbonyl (C=O) groups is 1. The summed E-state index contributed by atoms with van der Waals surface area (Å²) in [5.74, 6) is 1.60. The standard InChI is InChI=1S/C17H31NO/c1-16(2,3)14-8-10-18(12-14)11-13-7-6-9-17(4,5)15(13)19/h13-14H,6-12H2,1-5H3. The van der Waals surface area contributed by atoms with Crippen molar-refractivity contribution in [3.63, 3.8) is 0 Å². The predicted octanol–water partition coefficient (Wildman–Crippen LogP) is 3.75. The van der Waals surface area contributed by atoms with Crippen LogP contribution in [0.3, 0.4) is 0 Å². The Hall–Kier alpha value is -0.370. The zero-order valence-electron chi connectivity index (χ0n) is 13.5. The van der Waals surface area contributed by atoms with E-state index in [4.69, 9.17) is 0 Å². The Labute approximate surface area is 118 Å². The second kappa shape index (κ2) is 5.20. The minimum absolute atomic E-state index is 0.0773. The smallest absolute Gasteiger partial charge is 0.142 e. The molecule has 2 rings (SSSR count). The lowest BCUT2D eigenvalue weighted by Crippen LogP contribution is -2.41. The van der Waals surface area contributed by atoms with Crippen LogP contribution in [-0.4, -0.2) is 30.3 Å². The monoisotopic (exact) mass is 265 g/mol. The van der Waals surface area contributed by atoms with E-state index >= 15 is 0 Å². The van der Waals surface area contributed by atoms with Gasteiger partial charge < -0.3 is 4.90 Å². The quantitative estimate of drug-likeness (QED) is 0.758. The highest BCUT2D eigenvalue weighted by Crippen LogP contribution is 2.38. The SMILES string of the molecule is CC1(C)CCCC(CN2CCC(C(C)(C)C)C2)C1=O. The second-order valence-corrected chi connectivity index (χ2v) is 8.45. The van der Waals surface area contributed by atoms with Gasteiger partial charge in [-0.05, 0) is 37.1 Å². The highest BCUT2D eigenvalue weighted by Gasteiger charge is 2.39. The topological polar surface area (TPSA) is 20.3 Å². The Balaban J connectivity index is 1.91. The molecule has 0 bridgehead atoms. The summed E-state index contributed by atoms with van der Waals surface area (Å²) in [6.45, 7) is 14.7. The van der Waals surface area contributed by atoms with Crippen LogP contribution in [0.25, 0.3) is 0 Å². The summed E-state index contributed by atoms with van der Waals surface area (Å²) in [5, 5.41) is 0. The molecular weight excluding hydrogens is 234 g/mol. The van der Waals surface area contributed by atoms with Gasteiger partial charge in [-0.25, -0.2) is 0 Å². The summed E-state index contributed by atoms with van der Waals surface area (Å²) >= 11 is 0. The number of ketones is 1. The van der Waals surface area contributed by atoms with Gasteiger partial charge in [-0.15, -0.1) is 0 Å². The molecule has 0 N–H and O–H groups in total. The fraction of sp³-hybridized carbons (Fsp3) is 0.941. The largest absolute Gasteiger partial charge is 0.302 e. The van der Waals surface area contributed by atoms with E-state index in [0.29, 0.717) is 17.1 Å². The first-order chi connectivity index (χ1) is 8.70. The number of hydrogen-bond acceptors (Lipinski definition) is 2. The van der Waals surface area contributed by atoms with E-state index in [9.17, 15) is 4.79 Å². The minimum atomic E-state index is -0.0773. The molecule has 1 heterocycles. The summed E-state index contributed by atoms with van der Waals surface area (Å²) in [7, 11) is 0. The predicted molar refractivity (Wildman–Crippen MR) is 80.1 cm³/mol. The second-order valence-electron chi connectivity index (χ2n) is 8.45. The zero-order valence-corrected chi connectivity index (χ0v) is 13.5. The maximum Gasteiger partial charge on any atom is 0.142 e. The molecule has 1 aliphatic heterocycles. The van der Waals surface area contributed by atoms with E-state index in [1.165, 1.54) is 25.9 Å². The van der Waals surface area contributed by atoms with Crippen LogP contribution in [0.5, 0.6) is 0 Å². The van der Waals surface area contributed by atoms with Gasteiger partial charge >= 0.3 is 0 Å². The summed E-state index contributed by atoms with van der Waals surface area (Å²) in [6.07, 6.45) is 4.71. The Bertz CT molecular complexity index is 340. The molecule has 2 nitrogen and oxygen atoms in total. The van der Waals surface area contributed by atoms with Crippen LogP contribution in [0.2, 0.25) is 0 Å². The normalized spacial score (nSPS) is 32.8. The summed E-state index contributed by atoms with van der Waals surface area (Å²) in [5.41, 5.74) is 0.330. The lowest BCUT2D eigenvalue weighted by Gasteiger charge is -2.35. The Kier molecular flexibility index (Phi) is 4.11. The lowest BCUT2D eigenvalue weighted by molar-refractivity contribution is -0.134. The third kappa shape index (κ3) is 3.39. The molecule has 0 amide bonds. The van der Waals surface area contributed by atoms with E-state index in [2.05, 4.69) is 39.5 Å². The highest BCUT2D eigenvalue weighted by atomic mass is 16.1. The molecule has 0 aromatic heterocycles. The van der Waals surface area contributed by atoms with Crippen molar-refractivity contribution in [3.8, 4) is 0 Å². The third-order valence-electron chi connectivity index (χ3n) is 5.37. The van der Waals surface area contributed by atoms with Crippen molar-refractivity contribution in [2.75, 3.05) is 19.6 Å². The first kappa shape index (κ1) is 15.0. The third-order valence-corrected chi connectivity index (χ3v) is 5.37. The average Bonchev–Trinajstić information content (AvgIpc) is 2.73. The number of rotatable bonds is 2. The molecule has 0 radical (unpaired) electrons. The van der Waals surface area contributed by atoms with Crippen LogP contribution in [-0.2, 0) is 4.79 Å². The molecule has 0 aromatic rings. The molecule has 1 saturated carbocycles. The van der Waals surface area contributed by atoms with Gasteiger partial charge in [0.1, 0.15) is 5.78 Å². The number of Topliss-reactive ketones (excluding diaryl/α,β-unsaturated/α-hetero) is 1. The van der Waals surface area contributed by atoms with Crippen LogP contribution >= 0.6 is 0 Å². The van der Waals surface area contributed by atoms with E-state index in [1.807, 2.05) is 0 Å². The Morgan fingerprint density at radius 3 is 2.53 bits per heavy atom. The van der Waals surface area contributed by atoms with Crippen LogP contribution in [0.1, 0.15) is 60.3 Å². The van der Waals surface area contributed by atoms with Gasteiger partial charge in [-0.2, -0.15) is 0 Å². The Morgan fingerprint density at radius 2 is 1.95 bits per heavy atom. The van der Waals surface area contributed by atoms with Gasteiger partial charge in [-0.1, -0.05) is 41.0 Å². The molecule has 2 heteroatoms. The van der Waals surface area contributed by atoms with Crippen molar-refractivity contribution in [1.29, 1.82) is 0 Å². The molecular formula is C17H31NO. The number of likely N-dealkylation sites (tertiary alicyclic amines) is 1. The number of carbonyl (C=O) groups excluding carboxylic acids is 1. The molecule has 0 spiro atoms. The molecule has 2 aliphatic rings. The highest BCUT2D eigenvalue weighted by molar-refractivity contribution is 5.87. The van der Waals surface area contributed by atoms with Crippen LogP contribution in [0, 0.1) is 22.7 Å². The first-order valence-electron chi connectivity index (χ1n) is 7.97. The van der Waals surface area contributed by atoms with Gasteiger partial charge in [0.2, 0.25) is 0 Å². The van der Waals surface area contributed by atoms with Gasteiger partial charge in [-0.3, -0.25) is 4.79 Å². The molecule has 1 saturated heterocycles. The molecule has 2 atom stereocenters. The molecule has 2 unspecified atom stereocenters. The molecule has 110 valence electrons. The molecule has 0 aromatic carbocycles. The van der Waals surface area contributed by atoms with Gasteiger partial charge in [0.05, 0.1) is 0 Å². The summed E-state index contributed by atoms with van der Waals surface area (Å²) in [4.78, 5) is 15.0. The van der Waals surface area contributed by atoms with E-state index in [-0.39, 0.29) is 5.41 Å². The van der Waals surface area contributed by atoms with Crippen LogP contribution in [0.15, 0.2) is 0 Å². The van der Waals surface area contributed by atoms with Gasteiger partial charge in [0.15, 0.2) is 0 Å². The van der Waals surface area contributed by atoms with Crippen molar-refractivity contribution >= 4 is 5.78 Å². The van der Waals surface area contributed by atoms with Gasteiger partial charge in [0.25, 0.3) is 0 Å². The van der Waals surface area contributed by atoms with Crippen molar-refractivity contribution in [2.24, 2.45) is 22.7 Å². The number of nitrogens with zero attached hydrogens (tertiary/aromatic N) is 1. The fourth-order valence-electron chi connectivity index (χ4n) is 3.79. The van der Waals surface area contributed by atoms with E-state index in [0.717, 1.165) is 25.3 Å². The van der Waals surface area contributed by atoms with Crippen molar-refractivity contribution in [3.05, 3.63) is 0 Å². The fourth-order valence-corrected chi connectivity index (χ4v) is 3.79. The maximum absolute atomic E-state index is 12.5. The molecule has 1 aliphatic carbocycles. The summed E-state index contributed by atoms with van der Waals surface area (Å²) in [6, 6.07) is 0. The van der Waals surface area contributed by atoms with Crippen molar-refractivity contribution in [1.82, 2.24) is 4.90 Å². The minimum Gasteiger partial charge on any atom is -0.302 e. The van der Waals surface area contributed by atoms with E-state index in [1.54, 1.807) is 0 Å². The van der Waals surface area contributed by atoms with Crippen LogP contribution in [0.4, 0.5) is 0 Å². The molecule has 2 fully saturated rings. The van der Waals surface area contributed by atoms with Gasteiger partial charge in [0, 0.05) is 24.4 Å².